The molecule has 0 aliphatic carbocycles. The van der Waals surface area contributed by atoms with E-state index in [9.17, 15) is 22.4 Å². The first-order chi connectivity index (χ1) is 13.0. The third kappa shape index (κ3) is 3.10. The number of hydrogen-bond acceptors (Lipinski definition) is 2. The Kier molecular flexibility index (Phi) is 4.44. The third-order valence-electron chi connectivity index (χ3n) is 5.02. The van der Waals surface area contributed by atoms with Gasteiger partial charge in [0.2, 0.25) is 0 Å². The zero-order chi connectivity index (χ0) is 19.1. The van der Waals surface area contributed by atoms with E-state index in [1.54, 1.807) is 0 Å². The predicted molar refractivity (Wildman–Crippen MR) is 93.6 cm³/mol. The highest BCUT2D eigenvalue weighted by molar-refractivity contribution is 6.16. The van der Waals surface area contributed by atoms with Crippen LogP contribution in [-0.2, 0) is 4.79 Å². The summed E-state index contributed by atoms with van der Waals surface area (Å²) in [6, 6.07) is 6.24. The van der Waals surface area contributed by atoms with Gasteiger partial charge in [-0.15, -0.1) is 0 Å². The summed E-state index contributed by atoms with van der Waals surface area (Å²) in [6.07, 6.45) is 3.57. The van der Waals surface area contributed by atoms with E-state index >= 15 is 0 Å². The van der Waals surface area contributed by atoms with Crippen LogP contribution >= 0.6 is 0 Å². The van der Waals surface area contributed by atoms with Crippen molar-refractivity contribution in [2.45, 2.75) is 24.9 Å². The number of ketones is 1. The van der Waals surface area contributed by atoms with Crippen LogP contribution < -0.4 is 5.32 Å². The average molecular weight is 373 g/mol. The van der Waals surface area contributed by atoms with Gasteiger partial charge in [-0.2, -0.15) is 0 Å². The molecule has 4 rings (SSSR count). The lowest BCUT2D eigenvalue weighted by atomic mass is 9.89. The minimum atomic E-state index is -0.777. The fourth-order valence-corrected chi connectivity index (χ4v) is 3.66. The van der Waals surface area contributed by atoms with Gasteiger partial charge in [0.05, 0.1) is 0 Å². The molecule has 27 heavy (non-hydrogen) atoms. The van der Waals surface area contributed by atoms with Crippen LogP contribution in [0.25, 0.3) is 12.2 Å². The van der Waals surface area contributed by atoms with Crippen molar-refractivity contribution in [1.29, 1.82) is 0 Å². The molecule has 0 saturated carbocycles. The number of rotatable bonds is 2. The number of nitrogens with one attached hydrogen (secondary N) is 1. The third-order valence-corrected chi connectivity index (χ3v) is 5.02. The van der Waals surface area contributed by atoms with Crippen LogP contribution in [0.5, 0.6) is 0 Å². The molecule has 2 fully saturated rings. The maximum Gasteiger partial charge on any atom is 0.188 e. The number of piperidine rings is 1. The molecule has 6 heteroatoms. The lowest BCUT2D eigenvalue weighted by Gasteiger charge is -2.26. The smallest absolute Gasteiger partial charge is 0.188 e. The van der Waals surface area contributed by atoms with Crippen molar-refractivity contribution in [1.82, 2.24) is 5.32 Å². The quantitative estimate of drug-likeness (QED) is 0.624. The highest BCUT2D eigenvalue weighted by Gasteiger charge is 2.40. The Labute approximate surface area is 153 Å². The first-order valence-electron chi connectivity index (χ1n) is 8.57. The molecule has 2 unspecified atom stereocenters. The number of benzene rings is 2. The van der Waals surface area contributed by atoms with Crippen molar-refractivity contribution in [3.05, 3.63) is 81.9 Å². The summed E-state index contributed by atoms with van der Waals surface area (Å²) in [6.45, 7) is 0. The molecule has 2 aliphatic heterocycles. The maximum absolute atomic E-state index is 14.0. The first kappa shape index (κ1) is 17.7. The number of carbonyl (C=O) groups excluding carboxylic acids is 1. The Morgan fingerprint density at radius 2 is 1.11 bits per heavy atom. The van der Waals surface area contributed by atoms with Crippen LogP contribution in [0, 0.1) is 23.3 Å². The van der Waals surface area contributed by atoms with Crippen LogP contribution in [0.15, 0.2) is 47.5 Å². The van der Waals surface area contributed by atoms with Crippen molar-refractivity contribution in [3.63, 3.8) is 0 Å². The lowest BCUT2D eigenvalue weighted by Crippen LogP contribution is -2.42. The SMILES string of the molecule is O=C1C(=Cc2c(F)cccc2F)C2CCC(N2)C1=Cc1c(F)cccc1F. The van der Waals surface area contributed by atoms with Crippen molar-refractivity contribution < 1.29 is 22.4 Å². The first-order valence-corrected chi connectivity index (χ1v) is 8.57. The van der Waals surface area contributed by atoms with E-state index in [2.05, 4.69) is 5.32 Å². The highest BCUT2D eigenvalue weighted by Crippen LogP contribution is 2.35. The molecular formula is C21H15F4NO. The van der Waals surface area contributed by atoms with Crippen molar-refractivity contribution in [2.75, 3.05) is 0 Å². The van der Waals surface area contributed by atoms with Gasteiger partial charge in [-0.1, -0.05) is 12.1 Å². The largest absolute Gasteiger partial charge is 0.303 e. The molecule has 2 atom stereocenters. The minimum Gasteiger partial charge on any atom is -0.303 e. The molecule has 2 saturated heterocycles. The Hall–Kier alpha value is -2.73. The molecule has 2 bridgehead atoms. The van der Waals surface area contributed by atoms with E-state index in [4.69, 9.17) is 0 Å². The molecule has 1 N–H and O–H groups in total. The predicted octanol–water partition coefficient (Wildman–Crippen LogP) is 4.41. The highest BCUT2D eigenvalue weighted by atomic mass is 19.1. The van der Waals surface area contributed by atoms with E-state index < -0.39 is 29.1 Å². The summed E-state index contributed by atoms with van der Waals surface area (Å²) in [5.74, 6) is -3.56. The summed E-state index contributed by atoms with van der Waals surface area (Å²) >= 11 is 0. The molecule has 2 aliphatic rings. The lowest BCUT2D eigenvalue weighted by molar-refractivity contribution is -0.113. The molecule has 0 aromatic heterocycles. The Morgan fingerprint density at radius 1 is 0.741 bits per heavy atom. The van der Waals surface area contributed by atoms with Crippen LogP contribution in [0.1, 0.15) is 24.0 Å². The van der Waals surface area contributed by atoms with Gasteiger partial charge in [-0.3, -0.25) is 4.79 Å². The second-order valence-corrected chi connectivity index (χ2v) is 6.65. The van der Waals surface area contributed by atoms with Gasteiger partial charge >= 0.3 is 0 Å². The van der Waals surface area contributed by atoms with Gasteiger partial charge in [0.1, 0.15) is 23.3 Å². The number of fused-ring (bicyclic) bond motifs is 2. The number of halogens is 4. The summed E-state index contributed by atoms with van der Waals surface area (Å²) < 4.78 is 56.0. The standard InChI is InChI=1S/C21H15F4NO/c22-15-3-1-4-16(23)11(15)9-13-19-7-8-20(26-19)14(21(13)27)10-12-17(24)5-2-6-18(12)25/h1-6,9-10,19-20,26H,7-8H2. The van der Waals surface area contributed by atoms with Gasteiger partial charge in [-0.25, -0.2) is 17.6 Å². The van der Waals surface area contributed by atoms with Crippen LogP contribution in [-0.4, -0.2) is 17.9 Å². The topological polar surface area (TPSA) is 29.1 Å². The van der Waals surface area contributed by atoms with Gasteiger partial charge in [0, 0.05) is 34.4 Å². The van der Waals surface area contributed by atoms with Crippen LogP contribution in [0.4, 0.5) is 17.6 Å². The normalized spacial score (nSPS) is 24.8. The summed E-state index contributed by atoms with van der Waals surface area (Å²) in [5.41, 5.74) is -0.222. The monoisotopic (exact) mass is 373 g/mol. The fraction of sp³-hybridized carbons (Fsp3) is 0.190. The molecule has 2 aromatic carbocycles. The molecule has 0 amide bonds. The second kappa shape index (κ2) is 6.78. The van der Waals surface area contributed by atoms with Crippen LogP contribution in [0.2, 0.25) is 0 Å². The Morgan fingerprint density at radius 3 is 1.48 bits per heavy atom. The molecule has 0 spiro atoms. The second-order valence-electron chi connectivity index (χ2n) is 6.65. The van der Waals surface area contributed by atoms with E-state index in [0.717, 1.165) is 24.3 Å². The molecular weight excluding hydrogens is 358 g/mol. The van der Waals surface area contributed by atoms with E-state index in [-0.39, 0.29) is 34.4 Å². The number of carbonyl (C=O) groups is 1. The van der Waals surface area contributed by atoms with Gasteiger partial charge in [0.15, 0.2) is 5.78 Å². The summed E-state index contributed by atoms with van der Waals surface area (Å²) in [7, 11) is 0. The molecule has 2 heterocycles. The summed E-state index contributed by atoms with van der Waals surface area (Å²) in [4.78, 5) is 13.0. The molecule has 138 valence electrons. The number of Topliss-reactive ketones (excluding diaryl/α,β-unsaturated/α-hetero) is 1. The minimum absolute atomic E-state index is 0.191. The zero-order valence-electron chi connectivity index (χ0n) is 14.1. The van der Waals surface area contributed by atoms with Crippen molar-refractivity contribution >= 4 is 17.9 Å². The average Bonchev–Trinajstić information content (AvgIpc) is 3.06. The molecule has 2 nitrogen and oxygen atoms in total. The Bertz CT molecular complexity index is 878. The van der Waals surface area contributed by atoms with Crippen molar-refractivity contribution in [3.8, 4) is 0 Å². The molecule has 0 radical (unpaired) electrons. The number of hydrogen-bond donors (Lipinski definition) is 1. The van der Waals surface area contributed by atoms with E-state index in [0.29, 0.717) is 12.8 Å². The maximum atomic E-state index is 14.0. The van der Waals surface area contributed by atoms with E-state index in [1.165, 1.54) is 24.3 Å². The fourth-order valence-electron chi connectivity index (χ4n) is 3.66. The van der Waals surface area contributed by atoms with Gasteiger partial charge < -0.3 is 5.32 Å². The van der Waals surface area contributed by atoms with Crippen molar-refractivity contribution in [2.24, 2.45) is 0 Å². The van der Waals surface area contributed by atoms with Gasteiger partial charge in [-0.05, 0) is 49.3 Å². The summed E-state index contributed by atoms with van der Waals surface area (Å²) in [5, 5.41) is 3.19. The van der Waals surface area contributed by atoms with Crippen LogP contribution in [0.3, 0.4) is 0 Å². The zero-order valence-corrected chi connectivity index (χ0v) is 14.1. The molecule has 2 aromatic rings. The van der Waals surface area contributed by atoms with Gasteiger partial charge in [0.25, 0.3) is 0 Å². The van der Waals surface area contributed by atoms with E-state index in [1.807, 2.05) is 0 Å². The Balaban J connectivity index is 1.81.